The van der Waals surface area contributed by atoms with Gasteiger partial charge in [0.1, 0.15) is 5.82 Å². The summed E-state index contributed by atoms with van der Waals surface area (Å²) in [6.07, 6.45) is 6.76. The molecule has 3 rings (SSSR count). The first kappa shape index (κ1) is 12.2. The van der Waals surface area contributed by atoms with Crippen molar-refractivity contribution in [3.05, 3.63) is 17.2 Å². The number of nitrogens with zero attached hydrogens (tertiary/aromatic N) is 3. The van der Waals surface area contributed by atoms with Gasteiger partial charge in [-0.05, 0) is 19.9 Å². The predicted molar refractivity (Wildman–Crippen MR) is 72.3 cm³/mol. The minimum Gasteiger partial charge on any atom is -0.329 e. The van der Waals surface area contributed by atoms with Crippen molar-refractivity contribution in [3.63, 3.8) is 0 Å². The molecular formula is C14H24N4. The molecule has 4 nitrogen and oxygen atoms in total. The van der Waals surface area contributed by atoms with Crippen molar-refractivity contribution in [2.24, 2.45) is 5.73 Å². The molecule has 1 aromatic rings. The number of imidazole rings is 1. The largest absolute Gasteiger partial charge is 0.329 e. The summed E-state index contributed by atoms with van der Waals surface area (Å²) < 4.78 is 2.47. The van der Waals surface area contributed by atoms with Crippen LogP contribution in [0.2, 0.25) is 0 Å². The van der Waals surface area contributed by atoms with Gasteiger partial charge in [-0.3, -0.25) is 4.90 Å². The van der Waals surface area contributed by atoms with Gasteiger partial charge in [0.25, 0.3) is 0 Å². The molecule has 0 bridgehead atoms. The van der Waals surface area contributed by atoms with Gasteiger partial charge < -0.3 is 10.3 Å². The molecule has 0 amide bonds. The highest BCUT2D eigenvalue weighted by Gasteiger charge is 2.27. The van der Waals surface area contributed by atoms with Crippen LogP contribution in [0, 0.1) is 0 Å². The number of rotatable bonds is 2. The van der Waals surface area contributed by atoms with Crippen molar-refractivity contribution in [2.45, 2.75) is 57.7 Å². The molecule has 4 heteroatoms. The number of hydrogen-bond donors (Lipinski definition) is 1. The van der Waals surface area contributed by atoms with Gasteiger partial charge in [0.2, 0.25) is 0 Å². The monoisotopic (exact) mass is 248 g/mol. The van der Waals surface area contributed by atoms with Gasteiger partial charge in [-0.15, -0.1) is 0 Å². The first-order chi connectivity index (χ1) is 8.79. The van der Waals surface area contributed by atoms with E-state index in [-0.39, 0.29) is 0 Å². The van der Waals surface area contributed by atoms with Gasteiger partial charge in [-0.2, -0.15) is 0 Å². The molecule has 0 spiro atoms. The highest BCUT2D eigenvalue weighted by atomic mass is 15.2. The lowest BCUT2D eigenvalue weighted by Gasteiger charge is -2.28. The minimum absolute atomic E-state index is 0.579. The quantitative estimate of drug-likeness (QED) is 0.868. The Bertz CT molecular complexity index is 418. The summed E-state index contributed by atoms with van der Waals surface area (Å²) in [5.74, 6) is 2.01. The first-order valence-electron chi connectivity index (χ1n) is 7.26. The fraction of sp³-hybridized carbons (Fsp3) is 0.786. The van der Waals surface area contributed by atoms with Crippen molar-refractivity contribution < 1.29 is 0 Å². The smallest absolute Gasteiger partial charge is 0.112 e. The predicted octanol–water partition coefficient (Wildman–Crippen LogP) is 1.83. The average Bonchev–Trinajstić information content (AvgIpc) is 2.77. The molecule has 0 aromatic carbocycles. The van der Waals surface area contributed by atoms with Crippen LogP contribution in [-0.4, -0.2) is 28.0 Å². The molecule has 2 aliphatic rings. The molecule has 1 aliphatic heterocycles. The van der Waals surface area contributed by atoms with Crippen molar-refractivity contribution in [1.82, 2.24) is 14.5 Å². The second-order valence-corrected chi connectivity index (χ2v) is 5.79. The van der Waals surface area contributed by atoms with Crippen LogP contribution in [0.5, 0.6) is 0 Å². The minimum atomic E-state index is 0.579. The van der Waals surface area contributed by atoms with E-state index in [4.69, 9.17) is 10.7 Å². The first-order valence-corrected chi connectivity index (χ1v) is 7.26. The lowest BCUT2D eigenvalue weighted by Crippen LogP contribution is -2.32. The maximum atomic E-state index is 5.87. The maximum Gasteiger partial charge on any atom is 0.112 e. The highest BCUT2D eigenvalue weighted by Crippen LogP contribution is 2.34. The molecule has 18 heavy (non-hydrogen) atoms. The Labute approximate surface area is 109 Å². The van der Waals surface area contributed by atoms with Crippen LogP contribution in [0.4, 0.5) is 0 Å². The van der Waals surface area contributed by atoms with Gasteiger partial charge >= 0.3 is 0 Å². The molecule has 100 valence electrons. The van der Waals surface area contributed by atoms with Crippen molar-refractivity contribution in [2.75, 3.05) is 13.6 Å². The zero-order chi connectivity index (χ0) is 12.5. The summed E-state index contributed by atoms with van der Waals surface area (Å²) in [5.41, 5.74) is 8.36. The number of aromatic nitrogens is 2. The lowest BCUT2D eigenvalue weighted by atomic mass is 9.88. The summed E-state index contributed by atoms with van der Waals surface area (Å²) in [4.78, 5) is 7.24. The average molecular weight is 248 g/mol. The third-order valence-electron chi connectivity index (χ3n) is 4.47. The molecule has 1 aliphatic carbocycles. The van der Waals surface area contributed by atoms with E-state index in [1.165, 1.54) is 43.6 Å². The van der Waals surface area contributed by atoms with E-state index < -0.39 is 0 Å². The fourth-order valence-corrected chi connectivity index (χ4v) is 3.42. The van der Waals surface area contributed by atoms with Gasteiger partial charge in [0.05, 0.1) is 11.4 Å². The summed E-state index contributed by atoms with van der Waals surface area (Å²) in [5, 5.41) is 0. The molecule has 0 unspecified atom stereocenters. The van der Waals surface area contributed by atoms with Crippen molar-refractivity contribution in [3.8, 4) is 0 Å². The topological polar surface area (TPSA) is 47.1 Å². The summed E-state index contributed by atoms with van der Waals surface area (Å²) in [7, 11) is 2.18. The Morgan fingerprint density at radius 3 is 2.72 bits per heavy atom. The molecular weight excluding hydrogens is 224 g/mol. The fourth-order valence-electron chi connectivity index (χ4n) is 3.42. The molecule has 1 saturated carbocycles. The second-order valence-electron chi connectivity index (χ2n) is 5.79. The SMILES string of the molecule is CN1CCn2c(C3CCCCC3)nc(CN)c2C1. The Morgan fingerprint density at radius 1 is 1.22 bits per heavy atom. The molecule has 0 saturated heterocycles. The van der Waals surface area contributed by atoms with Crippen LogP contribution in [0.3, 0.4) is 0 Å². The van der Waals surface area contributed by atoms with Gasteiger partial charge in [0, 0.05) is 32.1 Å². The summed E-state index contributed by atoms with van der Waals surface area (Å²) >= 11 is 0. The zero-order valence-corrected chi connectivity index (χ0v) is 11.4. The summed E-state index contributed by atoms with van der Waals surface area (Å²) in [6, 6.07) is 0. The van der Waals surface area contributed by atoms with E-state index in [1.54, 1.807) is 0 Å². The number of hydrogen-bond acceptors (Lipinski definition) is 3. The van der Waals surface area contributed by atoms with Crippen LogP contribution in [-0.2, 0) is 19.6 Å². The number of fused-ring (bicyclic) bond motifs is 1. The van der Waals surface area contributed by atoms with E-state index in [1.807, 2.05) is 0 Å². The van der Waals surface area contributed by atoms with Gasteiger partial charge in [-0.1, -0.05) is 19.3 Å². The Kier molecular flexibility index (Phi) is 3.39. The van der Waals surface area contributed by atoms with Crippen LogP contribution in [0.1, 0.15) is 55.2 Å². The van der Waals surface area contributed by atoms with Gasteiger partial charge in [-0.25, -0.2) is 4.98 Å². The maximum absolute atomic E-state index is 5.87. The molecule has 1 fully saturated rings. The van der Waals surface area contributed by atoms with Crippen molar-refractivity contribution in [1.29, 1.82) is 0 Å². The van der Waals surface area contributed by atoms with Crippen LogP contribution >= 0.6 is 0 Å². The van der Waals surface area contributed by atoms with E-state index in [0.717, 1.165) is 25.3 Å². The molecule has 2 heterocycles. The standard InChI is InChI=1S/C14H24N4/c1-17-7-8-18-13(10-17)12(9-15)16-14(18)11-5-3-2-4-6-11/h11H,2-10,15H2,1H3. The normalized spacial score (nSPS) is 22.1. The molecule has 0 radical (unpaired) electrons. The zero-order valence-electron chi connectivity index (χ0n) is 11.4. The van der Waals surface area contributed by atoms with Crippen LogP contribution in [0.15, 0.2) is 0 Å². The summed E-state index contributed by atoms with van der Waals surface area (Å²) in [6.45, 7) is 3.81. The molecule has 2 N–H and O–H groups in total. The second kappa shape index (κ2) is 5.02. The van der Waals surface area contributed by atoms with E-state index in [9.17, 15) is 0 Å². The Hall–Kier alpha value is -0.870. The van der Waals surface area contributed by atoms with Gasteiger partial charge in [0.15, 0.2) is 0 Å². The van der Waals surface area contributed by atoms with Crippen molar-refractivity contribution >= 4 is 0 Å². The number of nitrogens with two attached hydrogens (primary N) is 1. The molecule has 0 atom stereocenters. The Balaban J connectivity index is 1.94. The lowest BCUT2D eigenvalue weighted by molar-refractivity contribution is 0.262. The number of likely N-dealkylation sites (N-methyl/N-ethyl adjacent to an activating group) is 1. The van der Waals surface area contributed by atoms with Crippen LogP contribution < -0.4 is 5.73 Å². The van der Waals surface area contributed by atoms with E-state index >= 15 is 0 Å². The van der Waals surface area contributed by atoms with E-state index in [2.05, 4.69) is 16.5 Å². The third kappa shape index (κ3) is 2.08. The molecule has 1 aromatic heterocycles. The Morgan fingerprint density at radius 2 is 2.00 bits per heavy atom. The third-order valence-corrected chi connectivity index (χ3v) is 4.47. The van der Waals surface area contributed by atoms with E-state index in [0.29, 0.717) is 12.5 Å². The van der Waals surface area contributed by atoms with Crippen LogP contribution in [0.25, 0.3) is 0 Å². The highest BCUT2D eigenvalue weighted by molar-refractivity contribution is 5.21.